The van der Waals surface area contributed by atoms with E-state index in [2.05, 4.69) is 29.6 Å². The molecule has 0 aromatic carbocycles. The lowest BCUT2D eigenvalue weighted by Crippen LogP contribution is -2.29. The van der Waals surface area contributed by atoms with Crippen molar-refractivity contribution in [1.29, 1.82) is 0 Å². The van der Waals surface area contributed by atoms with E-state index in [1.807, 2.05) is 30.6 Å². The highest BCUT2D eigenvalue weighted by atomic mass is 32.1. The minimum absolute atomic E-state index is 0.0829. The van der Waals surface area contributed by atoms with Crippen LogP contribution in [-0.2, 0) is 19.9 Å². The van der Waals surface area contributed by atoms with E-state index in [1.54, 1.807) is 4.68 Å². The van der Waals surface area contributed by atoms with E-state index in [-0.39, 0.29) is 6.04 Å². The summed E-state index contributed by atoms with van der Waals surface area (Å²) in [5.41, 5.74) is 3.83. The molecule has 1 unspecified atom stereocenters. The van der Waals surface area contributed by atoms with Crippen LogP contribution < -0.4 is 11.3 Å². The monoisotopic (exact) mass is 250 g/mol. The van der Waals surface area contributed by atoms with Crippen LogP contribution in [0.1, 0.15) is 28.4 Å². The maximum atomic E-state index is 5.61. The first-order valence-corrected chi connectivity index (χ1v) is 6.57. The van der Waals surface area contributed by atoms with Crippen LogP contribution in [-0.4, -0.2) is 9.78 Å². The van der Waals surface area contributed by atoms with Crippen LogP contribution in [0, 0.1) is 0 Å². The van der Waals surface area contributed by atoms with Gasteiger partial charge in [0.1, 0.15) is 0 Å². The normalized spacial score (nSPS) is 12.9. The summed E-state index contributed by atoms with van der Waals surface area (Å²) in [6.45, 7) is 2.17. The second-order valence-corrected chi connectivity index (χ2v) is 5.31. The van der Waals surface area contributed by atoms with Gasteiger partial charge in [-0.25, -0.2) is 0 Å². The summed E-state index contributed by atoms with van der Waals surface area (Å²) in [6, 6.07) is 6.45. The molecule has 0 saturated heterocycles. The molecule has 3 N–H and O–H groups in total. The van der Waals surface area contributed by atoms with Crippen LogP contribution in [0.4, 0.5) is 0 Å². The number of nitrogens with two attached hydrogens (primary N) is 1. The van der Waals surface area contributed by atoms with E-state index >= 15 is 0 Å². The molecule has 0 aliphatic carbocycles. The highest BCUT2D eigenvalue weighted by Crippen LogP contribution is 2.22. The molecule has 0 saturated carbocycles. The zero-order valence-corrected chi connectivity index (χ0v) is 11.0. The van der Waals surface area contributed by atoms with Gasteiger partial charge in [-0.15, -0.1) is 11.3 Å². The van der Waals surface area contributed by atoms with Gasteiger partial charge in [0.05, 0.1) is 11.7 Å². The molecule has 2 rings (SSSR count). The lowest BCUT2D eigenvalue weighted by molar-refractivity contribution is 0.532. The molecule has 5 heteroatoms. The largest absolute Gasteiger partial charge is 0.275 e. The van der Waals surface area contributed by atoms with Crippen molar-refractivity contribution in [2.24, 2.45) is 12.9 Å². The van der Waals surface area contributed by atoms with Crippen molar-refractivity contribution in [3.8, 4) is 0 Å². The zero-order valence-electron chi connectivity index (χ0n) is 10.2. The number of aromatic nitrogens is 2. The minimum Gasteiger partial charge on any atom is -0.275 e. The fourth-order valence-corrected chi connectivity index (χ4v) is 2.79. The molecule has 17 heavy (non-hydrogen) atoms. The number of thiophene rings is 1. The number of rotatable bonds is 5. The van der Waals surface area contributed by atoms with Gasteiger partial charge in [-0.05, 0) is 24.6 Å². The molecule has 0 radical (unpaired) electrons. The highest BCUT2D eigenvalue weighted by molar-refractivity contribution is 7.11. The molecule has 0 spiro atoms. The van der Waals surface area contributed by atoms with Crippen molar-refractivity contribution in [1.82, 2.24) is 15.2 Å². The van der Waals surface area contributed by atoms with Gasteiger partial charge in [-0.3, -0.25) is 16.0 Å². The van der Waals surface area contributed by atoms with E-state index in [0.717, 1.165) is 18.5 Å². The van der Waals surface area contributed by atoms with Crippen molar-refractivity contribution < 1.29 is 0 Å². The van der Waals surface area contributed by atoms with Gasteiger partial charge in [-0.2, -0.15) is 5.10 Å². The fourth-order valence-electron chi connectivity index (χ4n) is 1.79. The molecule has 2 heterocycles. The molecular formula is C12H18N4S. The van der Waals surface area contributed by atoms with Crippen LogP contribution >= 0.6 is 11.3 Å². The van der Waals surface area contributed by atoms with Crippen LogP contribution in [0.15, 0.2) is 24.4 Å². The van der Waals surface area contributed by atoms with Crippen molar-refractivity contribution >= 4 is 11.3 Å². The Labute approximate surface area is 105 Å². The molecular weight excluding hydrogens is 232 g/mol. The Morgan fingerprint density at radius 3 is 2.71 bits per heavy atom. The van der Waals surface area contributed by atoms with Crippen LogP contribution in [0.5, 0.6) is 0 Å². The van der Waals surface area contributed by atoms with Gasteiger partial charge >= 0.3 is 0 Å². The number of aryl methyl sites for hydroxylation is 2. The second-order valence-electron chi connectivity index (χ2n) is 4.06. The van der Waals surface area contributed by atoms with E-state index in [9.17, 15) is 0 Å². The first kappa shape index (κ1) is 12.3. The van der Waals surface area contributed by atoms with E-state index in [1.165, 1.54) is 9.75 Å². The highest BCUT2D eigenvalue weighted by Gasteiger charge is 2.14. The molecule has 2 aromatic rings. The quantitative estimate of drug-likeness (QED) is 0.628. The Morgan fingerprint density at radius 1 is 1.41 bits per heavy atom. The summed E-state index contributed by atoms with van der Waals surface area (Å²) in [5, 5.41) is 4.38. The standard InChI is InChI=1S/C12H18N4S/c1-3-9-4-5-10(17-9)8-12(14-13)11-6-7-16(2)15-11/h4-7,12,14H,3,8,13H2,1-2H3. The number of hydrogen-bond acceptors (Lipinski definition) is 4. The number of hydrogen-bond donors (Lipinski definition) is 2. The van der Waals surface area contributed by atoms with Crippen molar-refractivity contribution in [3.05, 3.63) is 39.8 Å². The summed E-state index contributed by atoms with van der Waals surface area (Å²) in [4.78, 5) is 2.76. The first-order chi connectivity index (χ1) is 8.22. The third-order valence-corrected chi connectivity index (χ3v) is 4.02. The number of hydrazine groups is 1. The smallest absolute Gasteiger partial charge is 0.0811 e. The minimum atomic E-state index is 0.0829. The number of nitrogens with zero attached hydrogens (tertiary/aromatic N) is 2. The molecule has 1 atom stereocenters. The molecule has 2 aromatic heterocycles. The van der Waals surface area contributed by atoms with E-state index in [4.69, 9.17) is 5.84 Å². The third-order valence-electron chi connectivity index (χ3n) is 2.76. The molecule has 0 amide bonds. The predicted molar refractivity (Wildman–Crippen MR) is 70.7 cm³/mol. The lowest BCUT2D eigenvalue weighted by Gasteiger charge is -2.11. The van der Waals surface area contributed by atoms with Crippen molar-refractivity contribution in [2.45, 2.75) is 25.8 Å². The summed E-state index contributed by atoms with van der Waals surface area (Å²) < 4.78 is 1.80. The Hall–Kier alpha value is -1.17. The Balaban J connectivity index is 2.09. The Morgan fingerprint density at radius 2 is 2.18 bits per heavy atom. The molecule has 4 nitrogen and oxygen atoms in total. The number of nitrogens with one attached hydrogen (secondary N) is 1. The van der Waals surface area contributed by atoms with Gasteiger partial charge < -0.3 is 0 Å². The van der Waals surface area contributed by atoms with Crippen molar-refractivity contribution in [3.63, 3.8) is 0 Å². The van der Waals surface area contributed by atoms with Gasteiger partial charge in [0.25, 0.3) is 0 Å². The topological polar surface area (TPSA) is 55.9 Å². The van der Waals surface area contributed by atoms with Gasteiger partial charge in [0.15, 0.2) is 0 Å². The van der Waals surface area contributed by atoms with Crippen LogP contribution in [0.2, 0.25) is 0 Å². The van der Waals surface area contributed by atoms with Gasteiger partial charge in [-0.1, -0.05) is 6.92 Å². The first-order valence-electron chi connectivity index (χ1n) is 5.76. The summed E-state index contributed by atoms with van der Waals surface area (Å²) in [5.74, 6) is 5.61. The van der Waals surface area contributed by atoms with Gasteiger partial charge in [0.2, 0.25) is 0 Å². The average Bonchev–Trinajstić information content (AvgIpc) is 2.94. The van der Waals surface area contributed by atoms with E-state index < -0.39 is 0 Å². The maximum Gasteiger partial charge on any atom is 0.0811 e. The molecule has 0 fully saturated rings. The average molecular weight is 250 g/mol. The fraction of sp³-hybridized carbons (Fsp3) is 0.417. The molecule has 92 valence electrons. The summed E-state index contributed by atoms with van der Waals surface area (Å²) in [7, 11) is 1.91. The van der Waals surface area contributed by atoms with Crippen LogP contribution in [0.25, 0.3) is 0 Å². The lowest BCUT2D eigenvalue weighted by atomic mass is 10.1. The molecule has 0 aliphatic heterocycles. The Kier molecular flexibility index (Phi) is 3.93. The van der Waals surface area contributed by atoms with Crippen molar-refractivity contribution in [2.75, 3.05) is 0 Å². The summed E-state index contributed by atoms with van der Waals surface area (Å²) in [6.07, 6.45) is 3.92. The zero-order chi connectivity index (χ0) is 12.3. The SMILES string of the molecule is CCc1ccc(CC(NN)c2ccn(C)n2)s1. The predicted octanol–water partition coefficient (Wildman–Crippen LogP) is 1.79. The summed E-state index contributed by atoms with van der Waals surface area (Å²) >= 11 is 1.85. The van der Waals surface area contributed by atoms with E-state index in [0.29, 0.717) is 0 Å². The molecule has 0 aliphatic rings. The second kappa shape index (κ2) is 5.44. The maximum absolute atomic E-state index is 5.61. The molecule has 0 bridgehead atoms. The van der Waals surface area contributed by atoms with Crippen LogP contribution in [0.3, 0.4) is 0 Å². The third kappa shape index (κ3) is 2.94. The van der Waals surface area contributed by atoms with Gasteiger partial charge in [0, 0.05) is 29.4 Å². The Bertz CT molecular complexity index is 474.